The van der Waals surface area contributed by atoms with Gasteiger partial charge in [-0.3, -0.25) is 14.5 Å². The molecule has 1 aliphatic heterocycles. The Hall–Kier alpha value is -2.45. The second-order valence-corrected chi connectivity index (χ2v) is 7.60. The Morgan fingerprint density at radius 3 is 2.52 bits per heavy atom. The molecule has 2 N–H and O–H groups in total. The first kappa shape index (κ1) is 17.4. The van der Waals surface area contributed by atoms with Crippen molar-refractivity contribution in [1.29, 1.82) is 0 Å². The van der Waals surface area contributed by atoms with Gasteiger partial charge in [-0.05, 0) is 43.3 Å². The van der Waals surface area contributed by atoms with Gasteiger partial charge in [-0.25, -0.2) is 8.42 Å². The molecule has 1 aliphatic rings. The van der Waals surface area contributed by atoms with Crippen molar-refractivity contribution in [1.82, 2.24) is 15.2 Å². The van der Waals surface area contributed by atoms with Crippen LogP contribution in [0.2, 0.25) is 0 Å². The third kappa shape index (κ3) is 3.97. The smallest absolute Gasteiger partial charge is 0.261 e. The lowest BCUT2D eigenvalue weighted by Crippen LogP contribution is -2.52. The summed E-state index contributed by atoms with van der Waals surface area (Å²) in [7, 11) is -3.70. The number of hydrogen-bond acceptors (Lipinski definition) is 5. The van der Waals surface area contributed by atoms with Gasteiger partial charge in [-0.15, -0.1) is 0 Å². The fourth-order valence-corrected chi connectivity index (χ4v) is 3.78. The van der Waals surface area contributed by atoms with Gasteiger partial charge in [0.1, 0.15) is 0 Å². The molecule has 1 aromatic carbocycles. The zero-order valence-electron chi connectivity index (χ0n) is 13.8. The second kappa shape index (κ2) is 7.20. The van der Waals surface area contributed by atoms with E-state index in [1.807, 2.05) is 6.92 Å². The van der Waals surface area contributed by atoms with Crippen molar-refractivity contribution < 1.29 is 13.2 Å². The molecule has 3 rings (SSSR count). The largest absolute Gasteiger partial charge is 0.333 e. The fraction of sp³-hybridized carbons (Fsp3) is 0.294. The van der Waals surface area contributed by atoms with Gasteiger partial charge in [0.05, 0.1) is 10.6 Å². The van der Waals surface area contributed by atoms with E-state index >= 15 is 0 Å². The molecule has 1 fully saturated rings. The molecule has 132 valence electrons. The molecule has 0 spiro atoms. The first-order valence-electron chi connectivity index (χ1n) is 8.02. The molecule has 2 heterocycles. The minimum absolute atomic E-state index is 0.0833. The van der Waals surface area contributed by atoms with Crippen molar-refractivity contribution >= 4 is 21.6 Å². The molecule has 25 heavy (non-hydrogen) atoms. The van der Waals surface area contributed by atoms with Crippen LogP contribution in [-0.4, -0.2) is 49.9 Å². The quantitative estimate of drug-likeness (QED) is 0.858. The number of aromatic nitrogens is 1. The van der Waals surface area contributed by atoms with E-state index in [1.54, 1.807) is 29.2 Å². The first-order valence-corrected chi connectivity index (χ1v) is 9.50. The van der Waals surface area contributed by atoms with Gasteiger partial charge in [0, 0.05) is 43.6 Å². The van der Waals surface area contributed by atoms with Gasteiger partial charge in [-0.1, -0.05) is 0 Å². The molecule has 0 aliphatic carbocycles. The molecule has 0 radical (unpaired) electrons. The van der Waals surface area contributed by atoms with Crippen LogP contribution >= 0.6 is 0 Å². The van der Waals surface area contributed by atoms with Crippen molar-refractivity contribution in [2.75, 3.05) is 24.4 Å². The van der Waals surface area contributed by atoms with Crippen molar-refractivity contribution in [3.05, 3.63) is 54.4 Å². The maximum atomic E-state index is 12.6. The SMILES string of the molecule is CC1CNCCN1C(=O)c1ccc(S(=O)(=O)Nc2ccncc2)cc1. The number of nitrogens with one attached hydrogen (secondary N) is 2. The lowest BCUT2D eigenvalue weighted by atomic mass is 10.1. The van der Waals surface area contributed by atoms with E-state index in [1.165, 1.54) is 24.5 Å². The molecule has 0 saturated carbocycles. The highest BCUT2D eigenvalue weighted by atomic mass is 32.2. The van der Waals surface area contributed by atoms with Crippen LogP contribution in [0.5, 0.6) is 0 Å². The summed E-state index contributed by atoms with van der Waals surface area (Å²) in [5.41, 5.74) is 0.918. The zero-order valence-corrected chi connectivity index (χ0v) is 14.7. The average Bonchev–Trinajstić information content (AvgIpc) is 2.62. The van der Waals surface area contributed by atoms with Crippen LogP contribution in [0.1, 0.15) is 17.3 Å². The molecule has 1 saturated heterocycles. The maximum Gasteiger partial charge on any atom is 0.261 e. The Bertz CT molecular complexity index is 838. The lowest BCUT2D eigenvalue weighted by molar-refractivity contribution is 0.0655. The molecule has 1 aromatic heterocycles. The topological polar surface area (TPSA) is 91.4 Å². The Morgan fingerprint density at radius 2 is 1.88 bits per heavy atom. The van der Waals surface area contributed by atoms with E-state index in [0.717, 1.165) is 13.1 Å². The van der Waals surface area contributed by atoms with Gasteiger partial charge in [-0.2, -0.15) is 0 Å². The summed E-state index contributed by atoms with van der Waals surface area (Å²) in [6.45, 7) is 4.15. The number of rotatable bonds is 4. The molecular formula is C17H20N4O3S. The Kier molecular flexibility index (Phi) is 5.00. The first-order chi connectivity index (χ1) is 12.0. The zero-order chi connectivity index (χ0) is 17.9. The highest BCUT2D eigenvalue weighted by Crippen LogP contribution is 2.17. The Labute approximate surface area is 147 Å². The third-order valence-electron chi connectivity index (χ3n) is 4.11. The fourth-order valence-electron chi connectivity index (χ4n) is 2.72. The number of sulfonamides is 1. The Balaban J connectivity index is 1.76. The molecule has 1 atom stereocenters. The second-order valence-electron chi connectivity index (χ2n) is 5.92. The summed E-state index contributed by atoms with van der Waals surface area (Å²) in [6.07, 6.45) is 3.02. The number of piperazine rings is 1. The highest BCUT2D eigenvalue weighted by Gasteiger charge is 2.24. The predicted molar refractivity (Wildman–Crippen MR) is 94.9 cm³/mol. The molecule has 1 unspecified atom stereocenters. The standard InChI is InChI=1S/C17H20N4O3S/c1-13-12-19-10-11-21(13)17(22)14-2-4-16(5-3-14)25(23,24)20-15-6-8-18-9-7-15/h2-9,13,19H,10-12H2,1H3,(H,18,20). The highest BCUT2D eigenvalue weighted by molar-refractivity contribution is 7.92. The van der Waals surface area contributed by atoms with E-state index < -0.39 is 10.0 Å². The average molecular weight is 360 g/mol. The number of anilines is 1. The predicted octanol–water partition coefficient (Wildman–Crippen LogP) is 1.32. The number of pyridine rings is 1. The monoisotopic (exact) mass is 360 g/mol. The number of carbonyl (C=O) groups is 1. The van der Waals surface area contributed by atoms with Gasteiger partial charge in [0.25, 0.3) is 15.9 Å². The number of amides is 1. The number of nitrogens with zero attached hydrogens (tertiary/aromatic N) is 2. The van der Waals surface area contributed by atoms with Crippen LogP contribution in [0.3, 0.4) is 0 Å². The van der Waals surface area contributed by atoms with Crippen LogP contribution < -0.4 is 10.0 Å². The molecule has 8 heteroatoms. The van der Waals surface area contributed by atoms with Crippen molar-refractivity contribution in [2.24, 2.45) is 0 Å². The normalized spacial score (nSPS) is 18.0. The van der Waals surface area contributed by atoms with E-state index in [2.05, 4.69) is 15.0 Å². The minimum Gasteiger partial charge on any atom is -0.333 e. The van der Waals surface area contributed by atoms with Crippen LogP contribution in [0.25, 0.3) is 0 Å². The van der Waals surface area contributed by atoms with E-state index in [9.17, 15) is 13.2 Å². The summed E-state index contributed by atoms with van der Waals surface area (Å²) in [4.78, 5) is 18.3. The Morgan fingerprint density at radius 1 is 1.20 bits per heavy atom. The lowest BCUT2D eigenvalue weighted by Gasteiger charge is -2.34. The van der Waals surface area contributed by atoms with E-state index in [-0.39, 0.29) is 16.8 Å². The number of hydrogen-bond donors (Lipinski definition) is 2. The van der Waals surface area contributed by atoms with E-state index in [0.29, 0.717) is 17.8 Å². The van der Waals surface area contributed by atoms with Crippen molar-refractivity contribution in [3.8, 4) is 0 Å². The van der Waals surface area contributed by atoms with Gasteiger partial charge >= 0.3 is 0 Å². The molecule has 7 nitrogen and oxygen atoms in total. The summed E-state index contributed by atoms with van der Waals surface area (Å²) in [5, 5.41) is 3.24. The molecule has 2 aromatic rings. The van der Waals surface area contributed by atoms with E-state index in [4.69, 9.17) is 0 Å². The molecule has 0 bridgehead atoms. The van der Waals surface area contributed by atoms with Gasteiger partial charge in [0.2, 0.25) is 0 Å². The van der Waals surface area contributed by atoms with Crippen molar-refractivity contribution in [3.63, 3.8) is 0 Å². The van der Waals surface area contributed by atoms with Crippen LogP contribution in [-0.2, 0) is 10.0 Å². The number of benzene rings is 1. The van der Waals surface area contributed by atoms with Crippen molar-refractivity contribution in [2.45, 2.75) is 17.9 Å². The molecule has 1 amide bonds. The summed E-state index contributed by atoms with van der Waals surface area (Å²) in [6, 6.07) is 9.25. The molecular weight excluding hydrogens is 340 g/mol. The van der Waals surface area contributed by atoms with Crippen LogP contribution in [0.4, 0.5) is 5.69 Å². The summed E-state index contributed by atoms with van der Waals surface area (Å²) >= 11 is 0. The summed E-state index contributed by atoms with van der Waals surface area (Å²) < 4.78 is 27.3. The maximum absolute atomic E-state index is 12.6. The van der Waals surface area contributed by atoms with Crippen LogP contribution in [0.15, 0.2) is 53.7 Å². The summed E-state index contributed by atoms with van der Waals surface area (Å²) in [5.74, 6) is -0.0833. The minimum atomic E-state index is -3.70. The third-order valence-corrected chi connectivity index (χ3v) is 5.50. The van der Waals surface area contributed by atoms with Gasteiger partial charge < -0.3 is 10.2 Å². The van der Waals surface area contributed by atoms with Gasteiger partial charge in [0.15, 0.2) is 0 Å². The number of carbonyl (C=O) groups excluding carboxylic acids is 1. The van der Waals surface area contributed by atoms with Crippen LogP contribution in [0, 0.1) is 0 Å².